The molecule has 15 heavy (non-hydrogen) atoms. The average Bonchev–Trinajstić information content (AvgIpc) is 2.72. The molecule has 0 aliphatic heterocycles. The van der Waals surface area contributed by atoms with Gasteiger partial charge in [0, 0.05) is 12.7 Å². The molecule has 2 N–H and O–H groups in total. The fourth-order valence-corrected chi connectivity index (χ4v) is 1.39. The van der Waals surface area contributed by atoms with Gasteiger partial charge in [-0.2, -0.15) is 5.10 Å². The Balaban J connectivity index is 2.20. The van der Waals surface area contributed by atoms with Crippen LogP contribution in [0.3, 0.4) is 0 Å². The third-order valence-electron chi connectivity index (χ3n) is 1.99. The van der Waals surface area contributed by atoms with Crippen molar-refractivity contribution in [3.05, 3.63) is 18.6 Å². The second kappa shape index (κ2) is 3.76. The summed E-state index contributed by atoms with van der Waals surface area (Å²) in [5.41, 5.74) is 6.30. The van der Waals surface area contributed by atoms with Crippen molar-refractivity contribution in [1.29, 1.82) is 0 Å². The first-order chi connectivity index (χ1) is 7.15. The summed E-state index contributed by atoms with van der Waals surface area (Å²) in [5.74, 6) is 1.22. The van der Waals surface area contributed by atoms with Gasteiger partial charge in [-0.25, -0.2) is 4.98 Å². The Hall–Kier alpha value is -1.78. The first-order valence-electron chi connectivity index (χ1n) is 4.89. The molecule has 2 heterocycles. The van der Waals surface area contributed by atoms with Crippen LogP contribution in [-0.2, 0) is 6.54 Å². The fourth-order valence-electron chi connectivity index (χ4n) is 1.39. The first kappa shape index (κ1) is 9.76. The van der Waals surface area contributed by atoms with Crippen LogP contribution in [0.15, 0.2) is 23.0 Å². The monoisotopic (exact) mass is 206 g/mol. The van der Waals surface area contributed by atoms with E-state index in [2.05, 4.69) is 23.9 Å². The topological polar surface area (TPSA) is 69.9 Å². The zero-order valence-electron chi connectivity index (χ0n) is 8.84. The van der Waals surface area contributed by atoms with Crippen LogP contribution in [0.25, 0.3) is 11.3 Å². The van der Waals surface area contributed by atoms with Crippen LogP contribution in [0.2, 0.25) is 0 Å². The summed E-state index contributed by atoms with van der Waals surface area (Å²) in [7, 11) is 0. The van der Waals surface area contributed by atoms with E-state index in [1.165, 1.54) is 0 Å². The normalized spacial score (nSPS) is 11.1. The molecule has 5 nitrogen and oxygen atoms in total. The predicted octanol–water partition coefficient (Wildman–Crippen LogP) is 1.78. The van der Waals surface area contributed by atoms with Gasteiger partial charge in [0.05, 0.1) is 18.0 Å². The van der Waals surface area contributed by atoms with Gasteiger partial charge in [-0.15, -0.1) is 0 Å². The van der Waals surface area contributed by atoms with Crippen molar-refractivity contribution < 1.29 is 4.42 Å². The van der Waals surface area contributed by atoms with Crippen LogP contribution in [0.4, 0.5) is 6.01 Å². The molecule has 0 atom stereocenters. The van der Waals surface area contributed by atoms with Gasteiger partial charge in [0.2, 0.25) is 0 Å². The lowest BCUT2D eigenvalue weighted by molar-refractivity contribution is 0.483. The molecule has 0 aliphatic carbocycles. The van der Waals surface area contributed by atoms with Crippen molar-refractivity contribution in [3.8, 4) is 11.3 Å². The van der Waals surface area contributed by atoms with Crippen LogP contribution in [0.1, 0.15) is 13.8 Å². The highest BCUT2D eigenvalue weighted by molar-refractivity contribution is 5.54. The highest BCUT2D eigenvalue weighted by atomic mass is 16.4. The minimum atomic E-state index is 0.182. The largest absolute Gasteiger partial charge is 0.424 e. The second-order valence-electron chi connectivity index (χ2n) is 3.91. The van der Waals surface area contributed by atoms with Crippen LogP contribution in [0.5, 0.6) is 0 Å². The van der Waals surface area contributed by atoms with E-state index in [4.69, 9.17) is 10.2 Å². The number of hydrogen-bond donors (Lipinski definition) is 1. The van der Waals surface area contributed by atoms with E-state index >= 15 is 0 Å². The van der Waals surface area contributed by atoms with Gasteiger partial charge >= 0.3 is 0 Å². The van der Waals surface area contributed by atoms with Gasteiger partial charge in [-0.05, 0) is 5.92 Å². The van der Waals surface area contributed by atoms with Gasteiger partial charge in [0.15, 0.2) is 5.76 Å². The van der Waals surface area contributed by atoms with E-state index < -0.39 is 0 Å². The number of hydrogen-bond acceptors (Lipinski definition) is 4. The van der Waals surface area contributed by atoms with Crippen molar-refractivity contribution >= 4 is 6.01 Å². The Bertz CT molecular complexity index is 444. The highest BCUT2D eigenvalue weighted by Crippen LogP contribution is 2.20. The lowest BCUT2D eigenvalue weighted by Gasteiger charge is -2.02. The molecule has 0 saturated heterocycles. The Morgan fingerprint density at radius 1 is 1.47 bits per heavy atom. The van der Waals surface area contributed by atoms with E-state index in [0.717, 1.165) is 12.1 Å². The Morgan fingerprint density at radius 2 is 2.27 bits per heavy atom. The molecular weight excluding hydrogens is 192 g/mol. The summed E-state index contributed by atoms with van der Waals surface area (Å²) >= 11 is 0. The van der Waals surface area contributed by atoms with Crippen LogP contribution in [-0.4, -0.2) is 14.8 Å². The number of aromatic nitrogens is 3. The predicted molar refractivity (Wildman–Crippen MR) is 57.0 cm³/mol. The molecule has 0 spiro atoms. The van der Waals surface area contributed by atoms with Gasteiger partial charge in [-0.3, -0.25) is 4.68 Å². The molecule has 0 saturated carbocycles. The Kier molecular flexibility index (Phi) is 2.45. The maximum atomic E-state index is 5.40. The lowest BCUT2D eigenvalue weighted by atomic mass is 10.2. The number of rotatable bonds is 3. The molecule has 80 valence electrons. The van der Waals surface area contributed by atoms with Crippen molar-refractivity contribution in [2.75, 3.05) is 5.73 Å². The number of nitrogens with two attached hydrogens (primary N) is 1. The summed E-state index contributed by atoms with van der Waals surface area (Å²) in [4.78, 5) is 3.84. The first-order valence-corrected chi connectivity index (χ1v) is 4.89. The molecule has 0 aliphatic rings. The Morgan fingerprint density at radius 3 is 2.87 bits per heavy atom. The summed E-state index contributed by atoms with van der Waals surface area (Å²) in [5, 5.41) is 4.23. The van der Waals surface area contributed by atoms with Gasteiger partial charge in [-0.1, -0.05) is 13.8 Å². The van der Waals surface area contributed by atoms with E-state index in [9.17, 15) is 0 Å². The third kappa shape index (κ3) is 2.18. The standard InChI is InChI=1S/C10H14N4O/c1-7(2)5-14-6-8(3-13-14)9-4-12-10(11)15-9/h3-4,6-7H,5H2,1-2H3,(H2,11,12). The van der Waals surface area contributed by atoms with Gasteiger partial charge in [0.25, 0.3) is 6.01 Å². The van der Waals surface area contributed by atoms with Crippen molar-refractivity contribution in [3.63, 3.8) is 0 Å². The summed E-state index contributed by atoms with van der Waals surface area (Å²) < 4.78 is 7.09. The number of anilines is 1. The van der Waals surface area contributed by atoms with E-state index in [0.29, 0.717) is 11.7 Å². The molecule has 0 aromatic carbocycles. The van der Waals surface area contributed by atoms with E-state index in [1.54, 1.807) is 12.4 Å². The van der Waals surface area contributed by atoms with Crippen molar-refractivity contribution in [2.45, 2.75) is 20.4 Å². The molecule has 0 fully saturated rings. The molecule has 5 heteroatoms. The molecule has 2 aromatic rings. The molecule has 0 bridgehead atoms. The lowest BCUT2D eigenvalue weighted by Crippen LogP contribution is -2.03. The van der Waals surface area contributed by atoms with Crippen molar-refractivity contribution in [2.24, 2.45) is 5.92 Å². The van der Waals surface area contributed by atoms with Gasteiger partial charge in [0.1, 0.15) is 0 Å². The van der Waals surface area contributed by atoms with Crippen LogP contribution in [0, 0.1) is 5.92 Å². The molecule has 0 radical (unpaired) electrons. The maximum Gasteiger partial charge on any atom is 0.292 e. The second-order valence-corrected chi connectivity index (χ2v) is 3.91. The maximum absolute atomic E-state index is 5.40. The van der Waals surface area contributed by atoms with Crippen molar-refractivity contribution in [1.82, 2.24) is 14.8 Å². The van der Waals surface area contributed by atoms with E-state index in [-0.39, 0.29) is 6.01 Å². The minimum absolute atomic E-state index is 0.182. The summed E-state index contributed by atoms with van der Waals surface area (Å²) in [6, 6.07) is 0.182. The highest BCUT2D eigenvalue weighted by Gasteiger charge is 2.07. The fraction of sp³-hybridized carbons (Fsp3) is 0.400. The quantitative estimate of drug-likeness (QED) is 0.830. The SMILES string of the molecule is CC(C)Cn1cc(-c2cnc(N)o2)cn1. The van der Waals surface area contributed by atoms with Crippen LogP contribution >= 0.6 is 0 Å². The molecule has 0 amide bonds. The molecular formula is C10H14N4O. The molecule has 0 unspecified atom stereocenters. The number of nitrogen functional groups attached to an aromatic ring is 1. The summed E-state index contributed by atoms with van der Waals surface area (Å²) in [6.45, 7) is 5.19. The van der Waals surface area contributed by atoms with Crippen LogP contribution < -0.4 is 5.73 Å². The minimum Gasteiger partial charge on any atom is -0.424 e. The average molecular weight is 206 g/mol. The van der Waals surface area contributed by atoms with E-state index in [1.807, 2.05) is 10.9 Å². The molecule has 2 aromatic heterocycles. The number of oxazole rings is 1. The molecule has 2 rings (SSSR count). The third-order valence-corrected chi connectivity index (χ3v) is 1.99. The zero-order chi connectivity index (χ0) is 10.8. The summed E-state index contributed by atoms with van der Waals surface area (Å²) in [6.07, 6.45) is 5.29. The smallest absolute Gasteiger partial charge is 0.292 e. The zero-order valence-corrected chi connectivity index (χ0v) is 8.84. The Labute approximate surface area is 87.9 Å². The van der Waals surface area contributed by atoms with Gasteiger partial charge < -0.3 is 10.2 Å². The number of nitrogens with zero attached hydrogens (tertiary/aromatic N) is 3.